The van der Waals surface area contributed by atoms with Gasteiger partial charge in [-0.05, 0) is 25.0 Å². The summed E-state index contributed by atoms with van der Waals surface area (Å²) in [5, 5.41) is 9.66. The highest BCUT2D eigenvalue weighted by Crippen LogP contribution is 2.19. The Balaban J connectivity index is 2.48. The molecule has 0 aliphatic carbocycles. The average molecular weight is 203 g/mol. The molecule has 1 rings (SSSR count). The van der Waals surface area contributed by atoms with Gasteiger partial charge < -0.3 is 10.0 Å². The molecule has 13 heavy (non-hydrogen) atoms. The number of aliphatic hydroxyl groups excluding tert-OH is 1. The van der Waals surface area contributed by atoms with Gasteiger partial charge in [-0.25, -0.2) is 0 Å². The molecule has 1 atom stereocenters. The van der Waals surface area contributed by atoms with Crippen LogP contribution in [0.1, 0.15) is 32.6 Å². The second-order valence-electron chi connectivity index (χ2n) is 3.22. The van der Waals surface area contributed by atoms with Crippen molar-refractivity contribution in [3.8, 4) is 0 Å². The van der Waals surface area contributed by atoms with Crippen LogP contribution in [0, 0.1) is 0 Å². The molecule has 0 aromatic carbocycles. The van der Waals surface area contributed by atoms with E-state index in [1.165, 1.54) is 11.8 Å². The lowest BCUT2D eigenvalue weighted by molar-refractivity contribution is 0.0400. The predicted molar refractivity (Wildman–Crippen MR) is 54.7 cm³/mol. The second kappa shape index (κ2) is 5.50. The maximum atomic E-state index is 11.5. The molecule has 1 fully saturated rings. The van der Waals surface area contributed by atoms with E-state index >= 15 is 0 Å². The molecule has 0 saturated carbocycles. The lowest BCUT2D eigenvalue weighted by Crippen LogP contribution is -2.37. The van der Waals surface area contributed by atoms with Gasteiger partial charge in [0.1, 0.15) is 6.23 Å². The van der Waals surface area contributed by atoms with Crippen molar-refractivity contribution in [2.45, 2.75) is 38.8 Å². The Hall–Kier alpha value is -0.220. The molecule has 3 nitrogen and oxygen atoms in total. The van der Waals surface area contributed by atoms with Crippen molar-refractivity contribution in [3.05, 3.63) is 0 Å². The number of aliphatic hydroxyl groups is 1. The Kier molecular flexibility index (Phi) is 4.59. The predicted octanol–water partition coefficient (Wildman–Crippen LogP) is 2.05. The number of carbonyl (C=O) groups excluding carboxylic acids is 1. The first kappa shape index (κ1) is 10.9. The first-order valence-corrected chi connectivity index (χ1v) is 5.85. The van der Waals surface area contributed by atoms with Gasteiger partial charge in [-0.2, -0.15) is 0 Å². The normalized spacial score (nSPS) is 24.2. The van der Waals surface area contributed by atoms with Gasteiger partial charge in [-0.15, -0.1) is 0 Å². The van der Waals surface area contributed by atoms with E-state index in [2.05, 4.69) is 0 Å². The van der Waals surface area contributed by atoms with E-state index in [1.54, 1.807) is 4.90 Å². The summed E-state index contributed by atoms with van der Waals surface area (Å²) in [4.78, 5) is 13.1. The van der Waals surface area contributed by atoms with Crippen molar-refractivity contribution in [2.75, 3.05) is 12.3 Å². The van der Waals surface area contributed by atoms with Gasteiger partial charge in [-0.1, -0.05) is 25.1 Å². The molecule has 1 unspecified atom stereocenters. The number of hydrogen-bond donors (Lipinski definition) is 1. The summed E-state index contributed by atoms with van der Waals surface area (Å²) in [6.45, 7) is 2.67. The molecular formula is C9H17NO2S. The van der Waals surface area contributed by atoms with E-state index in [0.29, 0.717) is 6.54 Å². The fraction of sp³-hybridized carbons (Fsp3) is 0.889. The number of amides is 1. The topological polar surface area (TPSA) is 40.5 Å². The van der Waals surface area contributed by atoms with Crippen LogP contribution in [0.5, 0.6) is 0 Å². The van der Waals surface area contributed by atoms with E-state index in [1.807, 2.05) is 6.92 Å². The maximum absolute atomic E-state index is 11.5. The molecular weight excluding hydrogens is 186 g/mol. The summed E-state index contributed by atoms with van der Waals surface area (Å²) in [7, 11) is 0. The van der Waals surface area contributed by atoms with Crippen molar-refractivity contribution in [3.63, 3.8) is 0 Å². The van der Waals surface area contributed by atoms with Crippen LogP contribution in [0.2, 0.25) is 0 Å². The number of likely N-dealkylation sites (tertiary alicyclic amines) is 1. The van der Waals surface area contributed by atoms with Crippen LogP contribution in [0.3, 0.4) is 0 Å². The zero-order valence-electron chi connectivity index (χ0n) is 8.03. The fourth-order valence-electron chi connectivity index (χ4n) is 1.51. The van der Waals surface area contributed by atoms with Gasteiger partial charge >= 0.3 is 0 Å². The van der Waals surface area contributed by atoms with Crippen molar-refractivity contribution < 1.29 is 9.90 Å². The Labute approximate surface area is 83.5 Å². The largest absolute Gasteiger partial charge is 0.373 e. The highest BCUT2D eigenvalue weighted by atomic mass is 32.2. The van der Waals surface area contributed by atoms with E-state index in [0.717, 1.165) is 31.4 Å². The molecule has 1 heterocycles. The molecule has 0 aromatic rings. The highest BCUT2D eigenvalue weighted by Gasteiger charge is 2.22. The fourth-order valence-corrected chi connectivity index (χ4v) is 2.14. The standard InChI is InChI=1S/C9H17NO2S/c1-2-13-9(12)10-7-5-3-4-6-8(10)11/h8,11H,2-7H2,1H3. The zero-order chi connectivity index (χ0) is 9.68. The van der Waals surface area contributed by atoms with Gasteiger partial charge in [0.2, 0.25) is 0 Å². The van der Waals surface area contributed by atoms with Crippen LogP contribution in [0.4, 0.5) is 4.79 Å². The average Bonchev–Trinajstić information content (AvgIpc) is 2.30. The third kappa shape index (κ3) is 3.19. The molecule has 0 radical (unpaired) electrons. The Morgan fingerprint density at radius 2 is 2.31 bits per heavy atom. The summed E-state index contributed by atoms with van der Waals surface area (Å²) in [5.74, 6) is 0.780. The van der Waals surface area contributed by atoms with Crippen LogP contribution < -0.4 is 0 Å². The molecule has 0 aromatic heterocycles. The molecule has 1 saturated heterocycles. The lowest BCUT2D eigenvalue weighted by atomic mass is 10.2. The molecule has 0 spiro atoms. The summed E-state index contributed by atoms with van der Waals surface area (Å²) in [6, 6.07) is 0. The molecule has 76 valence electrons. The van der Waals surface area contributed by atoms with E-state index in [4.69, 9.17) is 0 Å². The van der Waals surface area contributed by atoms with Crippen molar-refractivity contribution in [2.24, 2.45) is 0 Å². The first-order valence-electron chi connectivity index (χ1n) is 4.87. The monoisotopic (exact) mass is 203 g/mol. The smallest absolute Gasteiger partial charge is 0.283 e. The second-order valence-corrected chi connectivity index (χ2v) is 4.44. The Bertz CT molecular complexity index is 175. The Morgan fingerprint density at radius 1 is 1.54 bits per heavy atom. The van der Waals surface area contributed by atoms with Gasteiger partial charge in [0.05, 0.1) is 0 Å². The number of hydrogen-bond acceptors (Lipinski definition) is 3. The first-order chi connectivity index (χ1) is 6.25. The van der Waals surface area contributed by atoms with E-state index in [9.17, 15) is 9.90 Å². The zero-order valence-corrected chi connectivity index (χ0v) is 8.85. The van der Waals surface area contributed by atoms with Crippen LogP contribution in [0.25, 0.3) is 0 Å². The van der Waals surface area contributed by atoms with E-state index in [-0.39, 0.29) is 5.24 Å². The summed E-state index contributed by atoms with van der Waals surface area (Å²) < 4.78 is 0. The van der Waals surface area contributed by atoms with Gasteiger partial charge in [0, 0.05) is 6.54 Å². The van der Waals surface area contributed by atoms with Gasteiger partial charge in [-0.3, -0.25) is 4.79 Å². The van der Waals surface area contributed by atoms with Crippen molar-refractivity contribution in [1.29, 1.82) is 0 Å². The summed E-state index contributed by atoms with van der Waals surface area (Å²) >= 11 is 1.28. The van der Waals surface area contributed by atoms with Gasteiger partial charge in [0.25, 0.3) is 5.24 Å². The maximum Gasteiger partial charge on any atom is 0.283 e. The quantitative estimate of drug-likeness (QED) is 0.709. The molecule has 1 amide bonds. The molecule has 0 bridgehead atoms. The van der Waals surface area contributed by atoms with Crippen LogP contribution in [-0.4, -0.2) is 33.8 Å². The molecule has 1 aliphatic rings. The Morgan fingerprint density at radius 3 is 3.00 bits per heavy atom. The van der Waals surface area contributed by atoms with Crippen molar-refractivity contribution in [1.82, 2.24) is 4.90 Å². The third-order valence-electron chi connectivity index (χ3n) is 2.22. The highest BCUT2D eigenvalue weighted by molar-refractivity contribution is 8.13. The SMILES string of the molecule is CCSC(=O)N1CCCCCC1O. The van der Waals surface area contributed by atoms with Gasteiger partial charge in [0.15, 0.2) is 0 Å². The number of rotatable bonds is 1. The van der Waals surface area contributed by atoms with Crippen LogP contribution in [-0.2, 0) is 0 Å². The van der Waals surface area contributed by atoms with E-state index < -0.39 is 6.23 Å². The number of carbonyl (C=O) groups is 1. The number of nitrogens with zero attached hydrogens (tertiary/aromatic N) is 1. The number of thioether (sulfide) groups is 1. The third-order valence-corrected chi connectivity index (χ3v) is 2.99. The van der Waals surface area contributed by atoms with Crippen LogP contribution >= 0.6 is 11.8 Å². The van der Waals surface area contributed by atoms with Crippen LogP contribution in [0.15, 0.2) is 0 Å². The molecule has 1 aliphatic heterocycles. The summed E-state index contributed by atoms with van der Waals surface area (Å²) in [6.07, 6.45) is 3.36. The summed E-state index contributed by atoms with van der Waals surface area (Å²) in [5.41, 5.74) is 0. The van der Waals surface area contributed by atoms with Crippen molar-refractivity contribution >= 4 is 17.0 Å². The minimum atomic E-state index is -0.547. The minimum absolute atomic E-state index is 0.0249. The molecule has 4 heteroatoms. The molecule has 1 N–H and O–H groups in total. The minimum Gasteiger partial charge on any atom is -0.373 e. The lowest BCUT2D eigenvalue weighted by Gasteiger charge is -2.24.